The van der Waals surface area contributed by atoms with Gasteiger partial charge in [-0.05, 0) is 31.9 Å². The summed E-state index contributed by atoms with van der Waals surface area (Å²) in [5, 5.41) is 14.5. The molecule has 2 heterocycles. The van der Waals surface area contributed by atoms with E-state index in [-0.39, 0.29) is 5.54 Å². The zero-order chi connectivity index (χ0) is 11.3. The molecule has 1 aliphatic rings. The molecule has 1 aromatic heterocycles. The molecule has 0 aliphatic carbocycles. The fourth-order valence-electron chi connectivity index (χ4n) is 2.64. The van der Waals surface area contributed by atoms with Crippen LogP contribution in [0, 0.1) is 0 Å². The lowest BCUT2D eigenvalue weighted by atomic mass is 9.90. The maximum Gasteiger partial charge on any atom is 0.139 e. The first-order valence-corrected chi connectivity index (χ1v) is 5.67. The van der Waals surface area contributed by atoms with Crippen molar-refractivity contribution in [3.05, 3.63) is 29.5 Å². The molecule has 3 nitrogen and oxygen atoms in total. The van der Waals surface area contributed by atoms with Crippen LogP contribution < -0.4 is 5.32 Å². The van der Waals surface area contributed by atoms with Gasteiger partial charge in [-0.1, -0.05) is 12.1 Å². The molecule has 0 amide bonds. The Morgan fingerprint density at radius 3 is 2.94 bits per heavy atom. The lowest BCUT2D eigenvalue weighted by Crippen LogP contribution is -2.42. The van der Waals surface area contributed by atoms with Crippen molar-refractivity contribution in [3.8, 4) is 5.75 Å². The Labute approximate surface area is 94.5 Å². The maximum absolute atomic E-state index is 9.84. The van der Waals surface area contributed by atoms with E-state index >= 15 is 0 Å². The molecule has 3 rings (SSSR count). The minimum atomic E-state index is -0.0426. The number of phenols is 1. The molecule has 3 heteroatoms. The number of aromatic hydroxyl groups is 1. The number of phenolic OH excluding ortho intramolecular Hbond substituents is 1. The van der Waals surface area contributed by atoms with E-state index < -0.39 is 0 Å². The minimum absolute atomic E-state index is 0.0426. The predicted molar refractivity (Wildman–Crippen MR) is 64.7 cm³/mol. The van der Waals surface area contributed by atoms with Gasteiger partial charge in [-0.25, -0.2) is 0 Å². The Balaban J connectivity index is 2.37. The SMILES string of the molecule is CC1(C)NCCc2c1[nH]c1c(O)cccc21. The third-order valence-electron chi connectivity index (χ3n) is 3.49. The van der Waals surface area contributed by atoms with Gasteiger partial charge in [0.05, 0.1) is 11.1 Å². The van der Waals surface area contributed by atoms with Gasteiger partial charge >= 0.3 is 0 Å². The summed E-state index contributed by atoms with van der Waals surface area (Å²) in [5.74, 6) is 0.336. The summed E-state index contributed by atoms with van der Waals surface area (Å²) in [6.45, 7) is 5.32. The summed E-state index contributed by atoms with van der Waals surface area (Å²) in [7, 11) is 0. The number of benzene rings is 1. The Kier molecular flexibility index (Phi) is 1.83. The van der Waals surface area contributed by atoms with Gasteiger partial charge in [-0.3, -0.25) is 0 Å². The molecule has 0 saturated carbocycles. The number of nitrogens with one attached hydrogen (secondary N) is 2. The van der Waals surface area contributed by atoms with Gasteiger partial charge in [0, 0.05) is 17.6 Å². The summed E-state index contributed by atoms with van der Waals surface area (Å²) >= 11 is 0. The lowest BCUT2D eigenvalue weighted by Gasteiger charge is -2.31. The van der Waals surface area contributed by atoms with Crippen LogP contribution >= 0.6 is 0 Å². The molecular weight excluding hydrogens is 200 g/mol. The second-order valence-electron chi connectivity index (χ2n) is 4.98. The van der Waals surface area contributed by atoms with E-state index in [1.807, 2.05) is 6.07 Å². The van der Waals surface area contributed by atoms with E-state index in [1.165, 1.54) is 11.3 Å². The third-order valence-corrected chi connectivity index (χ3v) is 3.49. The molecule has 0 atom stereocenters. The van der Waals surface area contributed by atoms with Crippen molar-refractivity contribution in [2.75, 3.05) is 6.54 Å². The number of rotatable bonds is 0. The van der Waals surface area contributed by atoms with Crippen LogP contribution in [0.25, 0.3) is 10.9 Å². The van der Waals surface area contributed by atoms with Gasteiger partial charge in [0.2, 0.25) is 0 Å². The number of H-pyrrole nitrogens is 1. The standard InChI is InChI=1S/C13H16N2O/c1-13(2)12-9(6-7-14-13)8-4-3-5-10(16)11(8)15-12/h3-5,14-16H,6-7H2,1-2H3. The van der Waals surface area contributed by atoms with Gasteiger partial charge in [0.15, 0.2) is 0 Å². The molecule has 0 radical (unpaired) electrons. The van der Waals surface area contributed by atoms with E-state index in [0.717, 1.165) is 23.9 Å². The second kappa shape index (κ2) is 3.01. The van der Waals surface area contributed by atoms with Gasteiger partial charge in [0.1, 0.15) is 5.75 Å². The minimum Gasteiger partial charge on any atom is -0.506 e. The third kappa shape index (κ3) is 1.18. The van der Waals surface area contributed by atoms with Crippen LogP contribution in [0.5, 0.6) is 5.75 Å². The number of aromatic amines is 1. The van der Waals surface area contributed by atoms with Crippen molar-refractivity contribution in [1.29, 1.82) is 0 Å². The number of hydrogen-bond acceptors (Lipinski definition) is 2. The van der Waals surface area contributed by atoms with Crippen molar-refractivity contribution >= 4 is 10.9 Å². The molecular formula is C13H16N2O. The number of aromatic nitrogens is 1. The molecule has 0 saturated heterocycles. The van der Waals surface area contributed by atoms with Crippen LogP contribution in [0.15, 0.2) is 18.2 Å². The molecule has 0 spiro atoms. The Morgan fingerprint density at radius 2 is 2.12 bits per heavy atom. The van der Waals surface area contributed by atoms with Crippen molar-refractivity contribution in [3.63, 3.8) is 0 Å². The number of hydrogen-bond donors (Lipinski definition) is 3. The Hall–Kier alpha value is -1.48. The molecule has 2 aromatic rings. The Morgan fingerprint density at radius 1 is 1.31 bits per heavy atom. The lowest BCUT2D eigenvalue weighted by molar-refractivity contribution is 0.374. The summed E-state index contributed by atoms with van der Waals surface area (Å²) in [4.78, 5) is 3.36. The highest BCUT2D eigenvalue weighted by Gasteiger charge is 2.30. The molecule has 1 aromatic carbocycles. The average molecular weight is 216 g/mol. The van der Waals surface area contributed by atoms with E-state index in [1.54, 1.807) is 6.07 Å². The van der Waals surface area contributed by atoms with E-state index in [0.29, 0.717) is 5.75 Å². The number of para-hydroxylation sites is 1. The fraction of sp³-hybridized carbons (Fsp3) is 0.385. The van der Waals surface area contributed by atoms with Crippen molar-refractivity contribution < 1.29 is 5.11 Å². The van der Waals surface area contributed by atoms with Crippen molar-refractivity contribution in [2.45, 2.75) is 25.8 Å². The summed E-state index contributed by atoms with van der Waals surface area (Å²) in [6, 6.07) is 5.71. The first-order chi connectivity index (χ1) is 7.59. The first-order valence-electron chi connectivity index (χ1n) is 5.67. The van der Waals surface area contributed by atoms with Crippen LogP contribution in [-0.4, -0.2) is 16.6 Å². The van der Waals surface area contributed by atoms with Gasteiger partial charge in [0.25, 0.3) is 0 Å². The number of fused-ring (bicyclic) bond motifs is 3. The predicted octanol–water partition coefficient (Wildman–Crippen LogP) is 2.25. The highest BCUT2D eigenvalue weighted by Crippen LogP contribution is 2.35. The van der Waals surface area contributed by atoms with Crippen molar-refractivity contribution in [2.24, 2.45) is 0 Å². The van der Waals surface area contributed by atoms with E-state index in [9.17, 15) is 5.11 Å². The van der Waals surface area contributed by atoms with Crippen LogP contribution in [0.2, 0.25) is 0 Å². The summed E-state index contributed by atoms with van der Waals surface area (Å²) < 4.78 is 0. The van der Waals surface area contributed by atoms with Crippen LogP contribution in [0.4, 0.5) is 0 Å². The molecule has 84 valence electrons. The monoisotopic (exact) mass is 216 g/mol. The van der Waals surface area contributed by atoms with E-state index in [4.69, 9.17) is 0 Å². The second-order valence-corrected chi connectivity index (χ2v) is 4.98. The zero-order valence-electron chi connectivity index (χ0n) is 9.59. The summed E-state index contributed by atoms with van der Waals surface area (Å²) in [5.41, 5.74) is 3.37. The van der Waals surface area contributed by atoms with Gasteiger partial charge < -0.3 is 15.4 Å². The normalized spacial score (nSPS) is 18.6. The smallest absolute Gasteiger partial charge is 0.139 e. The van der Waals surface area contributed by atoms with E-state index in [2.05, 4.69) is 30.2 Å². The summed E-state index contributed by atoms with van der Waals surface area (Å²) in [6.07, 6.45) is 1.02. The van der Waals surface area contributed by atoms with Crippen LogP contribution in [0.1, 0.15) is 25.1 Å². The molecule has 0 unspecified atom stereocenters. The van der Waals surface area contributed by atoms with Gasteiger partial charge in [-0.15, -0.1) is 0 Å². The molecule has 16 heavy (non-hydrogen) atoms. The quantitative estimate of drug-likeness (QED) is 0.632. The molecule has 0 bridgehead atoms. The molecule has 3 N–H and O–H groups in total. The largest absolute Gasteiger partial charge is 0.506 e. The highest BCUT2D eigenvalue weighted by atomic mass is 16.3. The van der Waals surface area contributed by atoms with Crippen molar-refractivity contribution in [1.82, 2.24) is 10.3 Å². The molecule has 0 fully saturated rings. The molecule has 1 aliphatic heterocycles. The topological polar surface area (TPSA) is 48.0 Å². The first kappa shape index (κ1) is 9.73. The fourth-order valence-corrected chi connectivity index (χ4v) is 2.64. The van der Waals surface area contributed by atoms with Crippen LogP contribution in [-0.2, 0) is 12.0 Å². The Bertz CT molecular complexity index is 554. The average Bonchev–Trinajstić information content (AvgIpc) is 2.60. The highest BCUT2D eigenvalue weighted by molar-refractivity contribution is 5.89. The van der Waals surface area contributed by atoms with Crippen LogP contribution in [0.3, 0.4) is 0 Å². The van der Waals surface area contributed by atoms with Gasteiger partial charge in [-0.2, -0.15) is 0 Å². The maximum atomic E-state index is 9.84. The zero-order valence-corrected chi connectivity index (χ0v) is 9.59.